The van der Waals surface area contributed by atoms with Crippen molar-refractivity contribution in [2.24, 2.45) is 0 Å². The van der Waals surface area contributed by atoms with Gasteiger partial charge in [0.2, 0.25) is 0 Å². The molecule has 10 nitrogen and oxygen atoms in total. The lowest BCUT2D eigenvalue weighted by atomic mass is 9.99. The van der Waals surface area contributed by atoms with E-state index < -0.39 is 49.4 Å². The van der Waals surface area contributed by atoms with E-state index in [-0.39, 0.29) is 32.0 Å². The van der Waals surface area contributed by atoms with Crippen LogP contribution in [0.5, 0.6) is 0 Å². The third kappa shape index (κ3) is 35.6. The van der Waals surface area contributed by atoms with Crippen LogP contribution in [0.4, 0.5) is 0 Å². The largest absolute Gasteiger partial charge is 0.462 e. The van der Waals surface area contributed by atoms with E-state index in [2.05, 4.69) is 26.0 Å². The molecule has 0 amide bonds. The first-order chi connectivity index (χ1) is 31.3. The zero-order valence-electron chi connectivity index (χ0n) is 41.6. The summed E-state index contributed by atoms with van der Waals surface area (Å²) in [6, 6.07) is 0. The molecule has 1 rings (SSSR count). The number of ether oxygens (including phenoxy) is 4. The average molecular weight is 911 g/mol. The highest BCUT2D eigenvalue weighted by molar-refractivity contribution is 5.70. The minimum atomic E-state index is -1.59. The molecule has 378 valence electrons. The van der Waals surface area contributed by atoms with Crippen LogP contribution in [-0.2, 0) is 28.5 Å². The summed E-state index contributed by atoms with van der Waals surface area (Å²) >= 11 is 0. The van der Waals surface area contributed by atoms with Gasteiger partial charge in [-0.2, -0.15) is 0 Å². The Labute approximate surface area is 392 Å². The second-order valence-electron chi connectivity index (χ2n) is 19.0. The molecule has 1 saturated heterocycles. The summed E-state index contributed by atoms with van der Waals surface area (Å²) in [5, 5.41) is 40.2. The van der Waals surface area contributed by atoms with Crippen LogP contribution in [0.1, 0.15) is 264 Å². The highest BCUT2D eigenvalue weighted by Crippen LogP contribution is 2.23. The van der Waals surface area contributed by atoms with E-state index in [0.29, 0.717) is 6.42 Å². The molecule has 6 unspecified atom stereocenters. The molecule has 0 spiro atoms. The highest BCUT2D eigenvalue weighted by Gasteiger charge is 2.44. The summed E-state index contributed by atoms with van der Waals surface area (Å²) in [6.07, 6.45) is 43.7. The molecular formula is C54H102O10. The first-order valence-electron chi connectivity index (χ1n) is 27.3. The summed E-state index contributed by atoms with van der Waals surface area (Å²) in [5.41, 5.74) is 0. The number of carbonyl (C=O) groups is 2. The van der Waals surface area contributed by atoms with Crippen molar-refractivity contribution in [3.05, 3.63) is 12.2 Å². The van der Waals surface area contributed by atoms with Crippen LogP contribution in [0.3, 0.4) is 0 Å². The SMILES string of the molecule is CCCCCCCCC/C=C\CCCCCCCC(=O)OC(COC(=O)CCCCCCCCCCCCCCCCCCCCCCCCC)COC1OC(CO)C(O)C(O)C1O. The number of aliphatic hydroxyl groups excluding tert-OH is 4. The first kappa shape index (κ1) is 60.5. The Balaban J connectivity index is 2.20. The zero-order valence-corrected chi connectivity index (χ0v) is 41.6. The molecule has 0 radical (unpaired) electrons. The van der Waals surface area contributed by atoms with E-state index in [4.69, 9.17) is 18.9 Å². The van der Waals surface area contributed by atoms with Crippen molar-refractivity contribution >= 4 is 11.9 Å². The predicted molar refractivity (Wildman–Crippen MR) is 261 cm³/mol. The van der Waals surface area contributed by atoms with Gasteiger partial charge in [-0.15, -0.1) is 0 Å². The van der Waals surface area contributed by atoms with Gasteiger partial charge in [0.05, 0.1) is 13.2 Å². The van der Waals surface area contributed by atoms with Crippen LogP contribution in [0.2, 0.25) is 0 Å². The van der Waals surface area contributed by atoms with Gasteiger partial charge in [0.25, 0.3) is 0 Å². The van der Waals surface area contributed by atoms with Gasteiger partial charge >= 0.3 is 11.9 Å². The molecule has 0 aromatic carbocycles. The molecule has 1 aliphatic rings. The summed E-state index contributed by atoms with van der Waals surface area (Å²) in [4.78, 5) is 25.5. The lowest BCUT2D eigenvalue weighted by molar-refractivity contribution is -0.305. The van der Waals surface area contributed by atoms with Crippen molar-refractivity contribution < 1.29 is 49.0 Å². The minimum Gasteiger partial charge on any atom is -0.462 e. The van der Waals surface area contributed by atoms with Crippen molar-refractivity contribution in [2.45, 2.75) is 301 Å². The van der Waals surface area contributed by atoms with Gasteiger partial charge < -0.3 is 39.4 Å². The standard InChI is InChI=1S/C54H102O10/c1-3-5-7-9-11-13-15-17-19-21-22-23-24-25-26-27-29-30-32-34-36-38-40-42-49(56)61-45-47(46-62-54-53(60)52(59)51(58)48(44-55)64-54)63-50(57)43-41-39-37-35-33-31-28-20-18-16-14-12-10-8-6-4-2/h20,28,47-48,51-55,58-60H,3-19,21-27,29-46H2,1-2H3/b28-20-. The van der Waals surface area contributed by atoms with Crippen molar-refractivity contribution in [1.82, 2.24) is 0 Å². The van der Waals surface area contributed by atoms with E-state index in [1.807, 2.05) is 0 Å². The number of aliphatic hydroxyl groups is 4. The number of allylic oxidation sites excluding steroid dienone is 2. The summed E-state index contributed by atoms with van der Waals surface area (Å²) in [7, 11) is 0. The molecule has 1 fully saturated rings. The second kappa shape index (κ2) is 45.2. The normalized spacial score (nSPS) is 19.4. The quantitative estimate of drug-likeness (QED) is 0.0264. The monoisotopic (exact) mass is 911 g/mol. The molecule has 0 aliphatic carbocycles. The smallest absolute Gasteiger partial charge is 0.306 e. The van der Waals surface area contributed by atoms with Gasteiger partial charge in [0.1, 0.15) is 31.0 Å². The molecule has 0 aromatic rings. The molecule has 1 aliphatic heterocycles. The van der Waals surface area contributed by atoms with Gasteiger partial charge in [-0.3, -0.25) is 9.59 Å². The van der Waals surface area contributed by atoms with Gasteiger partial charge in [-0.05, 0) is 38.5 Å². The predicted octanol–water partition coefficient (Wildman–Crippen LogP) is 13.1. The summed E-state index contributed by atoms with van der Waals surface area (Å²) in [5.74, 6) is -0.799. The zero-order chi connectivity index (χ0) is 46.6. The third-order valence-electron chi connectivity index (χ3n) is 12.9. The molecule has 4 N–H and O–H groups in total. The maximum Gasteiger partial charge on any atom is 0.306 e. The summed E-state index contributed by atoms with van der Waals surface area (Å²) < 4.78 is 22.3. The number of unbranched alkanes of at least 4 members (excludes halogenated alkanes) is 34. The van der Waals surface area contributed by atoms with Crippen LogP contribution in [0.15, 0.2) is 12.2 Å². The minimum absolute atomic E-state index is 0.214. The molecule has 64 heavy (non-hydrogen) atoms. The molecule has 0 saturated carbocycles. The fraction of sp³-hybridized carbons (Fsp3) is 0.926. The fourth-order valence-electron chi connectivity index (χ4n) is 8.60. The number of hydrogen-bond donors (Lipinski definition) is 4. The first-order valence-corrected chi connectivity index (χ1v) is 27.3. The third-order valence-corrected chi connectivity index (χ3v) is 12.9. The average Bonchev–Trinajstić information content (AvgIpc) is 3.29. The van der Waals surface area contributed by atoms with Gasteiger partial charge in [-0.1, -0.05) is 225 Å². The van der Waals surface area contributed by atoms with Gasteiger partial charge in [0.15, 0.2) is 12.4 Å². The molecule has 0 aromatic heterocycles. The molecule has 6 atom stereocenters. The van der Waals surface area contributed by atoms with Gasteiger partial charge in [-0.25, -0.2) is 0 Å². The van der Waals surface area contributed by atoms with Crippen LogP contribution in [0, 0.1) is 0 Å². The number of carbonyl (C=O) groups excluding carboxylic acids is 2. The van der Waals surface area contributed by atoms with E-state index in [1.54, 1.807) is 0 Å². The van der Waals surface area contributed by atoms with Crippen molar-refractivity contribution in [2.75, 3.05) is 19.8 Å². The Morgan fingerprint density at radius 3 is 1.22 bits per heavy atom. The van der Waals surface area contributed by atoms with E-state index in [9.17, 15) is 30.0 Å². The number of rotatable bonds is 47. The Bertz CT molecular complexity index is 1050. The van der Waals surface area contributed by atoms with E-state index in [0.717, 1.165) is 51.4 Å². The lowest BCUT2D eigenvalue weighted by Crippen LogP contribution is -2.59. The maximum absolute atomic E-state index is 12.8. The number of esters is 2. The van der Waals surface area contributed by atoms with Crippen LogP contribution in [0.25, 0.3) is 0 Å². The number of hydrogen-bond acceptors (Lipinski definition) is 10. The topological polar surface area (TPSA) is 152 Å². The highest BCUT2D eigenvalue weighted by atomic mass is 16.7. The summed E-state index contributed by atoms with van der Waals surface area (Å²) in [6.45, 7) is 3.46. The van der Waals surface area contributed by atoms with Crippen LogP contribution >= 0.6 is 0 Å². The van der Waals surface area contributed by atoms with E-state index >= 15 is 0 Å². The lowest BCUT2D eigenvalue weighted by Gasteiger charge is -2.39. The molecule has 0 bridgehead atoms. The van der Waals surface area contributed by atoms with Gasteiger partial charge in [0, 0.05) is 12.8 Å². The Hall–Kier alpha value is -1.56. The Morgan fingerprint density at radius 2 is 0.828 bits per heavy atom. The molecular weight excluding hydrogens is 809 g/mol. The Kier molecular flexibility index (Phi) is 42.7. The second-order valence-corrected chi connectivity index (χ2v) is 19.0. The molecule has 1 heterocycles. The molecule has 10 heteroatoms. The van der Waals surface area contributed by atoms with Crippen molar-refractivity contribution in [3.63, 3.8) is 0 Å². The van der Waals surface area contributed by atoms with Crippen LogP contribution < -0.4 is 0 Å². The Morgan fingerprint density at radius 1 is 0.469 bits per heavy atom. The van der Waals surface area contributed by atoms with Crippen LogP contribution in [-0.4, -0.2) is 89.0 Å². The fourth-order valence-corrected chi connectivity index (χ4v) is 8.60. The van der Waals surface area contributed by atoms with Crippen molar-refractivity contribution in [1.29, 1.82) is 0 Å². The maximum atomic E-state index is 12.8. The van der Waals surface area contributed by atoms with E-state index in [1.165, 1.54) is 180 Å². The van der Waals surface area contributed by atoms with Crippen molar-refractivity contribution in [3.8, 4) is 0 Å².